The second-order valence-corrected chi connectivity index (χ2v) is 20.0. The Morgan fingerprint density at radius 2 is 1.83 bits per heavy atom. The average Bonchev–Trinajstić information content (AvgIpc) is 3.92. The van der Waals surface area contributed by atoms with Crippen molar-refractivity contribution in [3.63, 3.8) is 0 Å². The van der Waals surface area contributed by atoms with Crippen LogP contribution in [0.15, 0.2) is 60.2 Å². The molecule has 9 atom stereocenters. The Bertz CT molecular complexity index is 2400. The Kier molecular flexibility index (Phi) is 10.6. The number of anilines is 1. The second-order valence-electron chi connectivity index (χ2n) is 20.0. The number of fused-ring (bicyclic) bond motifs is 6. The summed E-state index contributed by atoms with van der Waals surface area (Å²) < 4.78 is 24.6. The van der Waals surface area contributed by atoms with Gasteiger partial charge in [0.2, 0.25) is 0 Å². The van der Waals surface area contributed by atoms with Gasteiger partial charge in [0.05, 0.1) is 26.8 Å². The van der Waals surface area contributed by atoms with Crippen molar-refractivity contribution < 1.29 is 38.4 Å². The van der Waals surface area contributed by atoms with Crippen LogP contribution in [0, 0.1) is 11.3 Å². The number of alkyl carbamates (subject to hydrolysis) is 1. The highest BCUT2D eigenvalue weighted by molar-refractivity contribution is 5.94. The van der Waals surface area contributed by atoms with Gasteiger partial charge < -0.3 is 39.3 Å². The first-order chi connectivity index (χ1) is 30.0. The van der Waals surface area contributed by atoms with Crippen molar-refractivity contribution in [2.75, 3.05) is 65.4 Å². The van der Waals surface area contributed by atoms with E-state index >= 15 is 4.79 Å². The molecule has 6 aliphatic rings. The summed E-state index contributed by atoms with van der Waals surface area (Å²) in [5.74, 6) is -0.326. The first kappa shape index (κ1) is 43.4. The summed E-state index contributed by atoms with van der Waals surface area (Å²) in [7, 11) is 5.10. The van der Waals surface area contributed by atoms with Crippen LogP contribution in [0.4, 0.5) is 10.5 Å². The lowest BCUT2D eigenvalue weighted by Crippen LogP contribution is -2.81. The van der Waals surface area contributed by atoms with E-state index in [4.69, 9.17) is 18.9 Å². The number of aromatic nitrogens is 1. The summed E-state index contributed by atoms with van der Waals surface area (Å²) in [6.45, 7) is 14.8. The second kappa shape index (κ2) is 15.4. The monoisotopic (exact) mass is 863 g/mol. The third-order valence-corrected chi connectivity index (χ3v) is 15.6. The Labute approximate surface area is 371 Å². The molecule has 1 aromatic heterocycles. The fourth-order valence-electron chi connectivity index (χ4n) is 13.5. The maximum absolute atomic E-state index is 15.4. The number of esters is 2. The van der Waals surface area contributed by atoms with Crippen LogP contribution in [0.25, 0.3) is 10.9 Å². The number of amides is 1. The van der Waals surface area contributed by atoms with Gasteiger partial charge >= 0.3 is 18.0 Å². The van der Waals surface area contributed by atoms with Gasteiger partial charge in [0, 0.05) is 90.9 Å². The highest BCUT2D eigenvalue weighted by Crippen LogP contribution is 2.68. The van der Waals surface area contributed by atoms with Gasteiger partial charge in [-0.2, -0.15) is 0 Å². The van der Waals surface area contributed by atoms with Crippen LogP contribution < -0.4 is 15.0 Å². The fourth-order valence-corrected chi connectivity index (χ4v) is 13.5. The number of para-hydroxylation sites is 1. The van der Waals surface area contributed by atoms with E-state index in [2.05, 4.69) is 81.3 Å². The van der Waals surface area contributed by atoms with E-state index in [1.165, 1.54) is 19.6 Å². The minimum Gasteiger partial charge on any atom is -0.496 e. The molecule has 1 aliphatic carbocycles. The highest BCUT2D eigenvalue weighted by Gasteiger charge is 2.78. The smallest absolute Gasteiger partial charge is 0.407 e. The van der Waals surface area contributed by atoms with Gasteiger partial charge in [-0.25, -0.2) is 4.79 Å². The summed E-state index contributed by atoms with van der Waals surface area (Å²) in [5, 5.41) is 17.8. The molecule has 3 N–H and O–H groups in total. The third-order valence-electron chi connectivity index (χ3n) is 15.6. The van der Waals surface area contributed by atoms with E-state index in [0.29, 0.717) is 37.1 Å². The Morgan fingerprint density at radius 1 is 1.05 bits per heavy atom. The van der Waals surface area contributed by atoms with Crippen LogP contribution >= 0.6 is 0 Å². The molecule has 9 rings (SSSR count). The molecule has 13 nitrogen and oxygen atoms in total. The maximum Gasteiger partial charge on any atom is 0.407 e. The number of benzene rings is 2. The van der Waals surface area contributed by atoms with Crippen molar-refractivity contribution in [1.29, 1.82) is 0 Å². The van der Waals surface area contributed by atoms with Gasteiger partial charge in [0.25, 0.3) is 0 Å². The molecular weight excluding hydrogens is 799 g/mol. The molecular formula is C50H65N5O8. The van der Waals surface area contributed by atoms with Crippen LogP contribution in [0.2, 0.25) is 0 Å². The average molecular weight is 864 g/mol. The van der Waals surface area contributed by atoms with Crippen LogP contribution in [0.1, 0.15) is 89.6 Å². The van der Waals surface area contributed by atoms with E-state index in [-0.39, 0.29) is 24.5 Å². The Hall–Kier alpha value is -4.85. The normalized spacial score (nSPS) is 33.1. The summed E-state index contributed by atoms with van der Waals surface area (Å²) >= 11 is 0. The molecule has 3 aromatic rings. The molecule has 2 aromatic carbocycles. The molecule has 2 unspecified atom stereocenters. The predicted molar refractivity (Wildman–Crippen MR) is 241 cm³/mol. The van der Waals surface area contributed by atoms with E-state index in [0.717, 1.165) is 72.4 Å². The quantitative estimate of drug-likeness (QED) is 0.136. The van der Waals surface area contributed by atoms with Gasteiger partial charge in [-0.3, -0.25) is 19.4 Å². The standard InChI is InChI=1S/C50H65N5O8/c1-10-31-23-32-26-49(44(57)61-9,40-34(17-21-54(27-31)28-32)33-15-12-13-16-37(33)52-40)36-24-35-38(25-39(36)60-8)53(7)42-48(35)19-22-55-20-14-18-47(11-2,41(48)55)43(62-30(3)56)50(42,59)29-51-45(58)63-46(4,5)6/h12-16,18,23-25,32,41-43,52,59H,10-11,17,19-22,26-29H2,1-9H3,(H,51,58)/t32-,41-,42+,43+,47+,48+,49-,50?/m0/s1. The van der Waals surface area contributed by atoms with E-state index in [1.54, 1.807) is 27.9 Å². The lowest BCUT2D eigenvalue weighted by molar-refractivity contribution is -0.217. The number of nitrogens with one attached hydrogen (secondary N) is 2. The predicted octanol–water partition coefficient (Wildman–Crippen LogP) is 6.15. The van der Waals surface area contributed by atoms with Crippen molar-refractivity contribution >= 4 is 34.6 Å². The zero-order valence-electron chi connectivity index (χ0n) is 38.4. The number of methoxy groups -OCH3 is 2. The number of ether oxygens (including phenoxy) is 4. The first-order valence-electron chi connectivity index (χ1n) is 22.9. The molecule has 13 heteroatoms. The number of carbonyl (C=O) groups excluding carboxylic acids is 3. The van der Waals surface area contributed by atoms with Gasteiger partial charge in [0.1, 0.15) is 28.5 Å². The number of aromatic amines is 1. The van der Waals surface area contributed by atoms with Gasteiger partial charge in [-0.05, 0) is 88.6 Å². The summed E-state index contributed by atoms with van der Waals surface area (Å²) in [6, 6.07) is 11.6. The first-order valence-corrected chi connectivity index (χ1v) is 22.9. The maximum atomic E-state index is 15.4. The molecule has 1 spiro atoms. The number of rotatable bonds is 8. The molecule has 63 heavy (non-hydrogen) atoms. The van der Waals surface area contributed by atoms with Crippen LogP contribution in [-0.4, -0.2) is 128 Å². The summed E-state index contributed by atoms with van der Waals surface area (Å²) in [6.07, 6.45) is 8.27. The van der Waals surface area contributed by atoms with Crippen LogP contribution in [0.5, 0.6) is 5.75 Å². The van der Waals surface area contributed by atoms with Crippen molar-refractivity contribution in [3.8, 4) is 5.75 Å². The third kappa shape index (κ3) is 6.37. The van der Waals surface area contributed by atoms with E-state index in [9.17, 15) is 14.7 Å². The van der Waals surface area contributed by atoms with Crippen LogP contribution in [-0.2, 0) is 41.1 Å². The molecule has 2 fully saturated rings. The zero-order valence-corrected chi connectivity index (χ0v) is 38.4. The molecule has 338 valence electrons. The number of carbonyl (C=O) groups is 3. The molecule has 0 radical (unpaired) electrons. The number of hydrogen-bond acceptors (Lipinski definition) is 11. The lowest BCUT2D eigenvalue weighted by atomic mass is 9.47. The molecule has 1 saturated carbocycles. The molecule has 5 aliphatic heterocycles. The minimum atomic E-state index is -1.83. The Balaban J connectivity index is 1.33. The number of H-pyrrole nitrogens is 1. The molecule has 1 saturated heterocycles. The topological polar surface area (TPSA) is 146 Å². The number of likely N-dealkylation sites (N-methyl/N-ethyl adjacent to an activating group) is 1. The molecule has 1 amide bonds. The minimum absolute atomic E-state index is 0.0260. The van der Waals surface area contributed by atoms with E-state index < -0.39 is 51.7 Å². The molecule has 6 heterocycles. The number of aliphatic hydroxyl groups is 1. The van der Waals surface area contributed by atoms with Gasteiger partial charge in [0.15, 0.2) is 0 Å². The van der Waals surface area contributed by atoms with Crippen molar-refractivity contribution in [2.24, 2.45) is 11.3 Å². The number of hydrogen-bond donors (Lipinski definition) is 3. The summed E-state index contributed by atoms with van der Waals surface area (Å²) in [5.41, 5.74) is 1.20. The zero-order chi connectivity index (χ0) is 44.9. The fraction of sp³-hybridized carbons (Fsp3) is 0.580. The highest BCUT2D eigenvalue weighted by atomic mass is 16.6. The SMILES string of the molecule is CCC1=C[C@@H]2CN(CCc3c([nH]c4ccccc34)[C@@](C(=O)OC)(c3cc4c(cc3OC)N(C)[C@H]3C(O)(CNC(=O)OC(C)(C)C)[C@H](OC(C)=O)[C@]5(CC)C=CCN6CC[C@]43[C@@H]65)C2)C1. The van der Waals surface area contributed by atoms with Gasteiger partial charge in [-0.15, -0.1) is 0 Å². The number of nitrogens with zero attached hydrogens (tertiary/aromatic N) is 3. The van der Waals surface area contributed by atoms with Gasteiger partial charge in [-0.1, -0.05) is 55.8 Å². The van der Waals surface area contributed by atoms with Crippen molar-refractivity contribution in [2.45, 2.75) is 114 Å². The van der Waals surface area contributed by atoms with Crippen LogP contribution in [0.3, 0.4) is 0 Å². The Morgan fingerprint density at radius 3 is 2.52 bits per heavy atom. The van der Waals surface area contributed by atoms with Crippen molar-refractivity contribution in [3.05, 3.63) is 82.6 Å². The van der Waals surface area contributed by atoms with E-state index in [1.807, 2.05) is 19.2 Å². The van der Waals surface area contributed by atoms with Crippen molar-refractivity contribution in [1.82, 2.24) is 20.1 Å². The summed E-state index contributed by atoms with van der Waals surface area (Å²) in [4.78, 5) is 53.1. The largest absolute Gasteiger partial charge is 0.496 e. The molecule has 2 bridgehead atoms. The lowest BCUT2D eigenvalue weighted by Gasteiger charge is -2.64.